The summed E-state index contributed by atoms with van der Waals surface area (Å²) in [7, 11) is 1.65. The summed E-state index contributed by atoms with van der Waals surface area (Å²) in [6.45, 7) is 0. The topological polar surface area (TPSA) is 47.3 Å². The first-order chi connectivity index (χ1) is 10.0. The molecule has 0 saturated carbocycles. The number of ether oxygens (including phenoxy) is 1. The fourth-order valence-electron chi connectivity index (χ4n) is 2.09. The van der Waals surface area contributed by atoms with Crippen molar-refractivity contribution in [2.45, 2.75) is 12.5 Å². The maximum atomic E-state index is 6.08. The Morgan fingerprint density at radius 1 is 1.19 bits per heavy atom. The van der Waals surface area contributed by atoms with Crippen molar-refractivity contribution in [3.63, 3.8) is 0 Å². The zero-order valence-corrected chi connectivity index (χ0v) is 15.3. The molecule has 0 aromatic heterocycles. The van der Waals surface area contributed by atoms with E-state index < -0.39 is 0 Å². The first-order valence-electron chi connectivity index (χ1n) is 6.28. The van der Waals surface area contributed by atoms with E-state index in [2.05, 4.69) is 37.3 Å². The highest BCUT2D eigenvalue weighted by Crippen LogP contribution is 2.31. The van der Waals surface area contributed by atoms with Gasteiger partial charge in [-0.25, -0.2) is 0 Å². The van der Waals surface area contributed by atoms with Gasteiger partial charge in [0.1, 0.15) is 5.75 Å². The number of rotatable bonds is 5. The van der Waals surface area contributed by atoms with Crippen LogP contribution in [0, 0.1) is 0 Å². The fraction of sp³-hybridized carbons (Fsp3) is 0.200. The van der Waals surface area contributed by atoms with Crippen LogP contribution in [0.5, 0.6) is 5.75 Å². The van der Waals surface area contributed by atoms with Gasteiger partial charge in [-0.2, -0.15) is 0 Å². The number of benzene rings is 2. The summed E-state index contributed by atoms with van der Waals surface area (Å²) < 4.78 is 7.25. The highest BCUT2D eigenvalue weighted by Gasteiger charge is 2.16. The molecule has 1 unspecified atom stereocenters. The fourth-order valence-corrected chi connectivity index (χ4v) is 3.21. The second-order valence-electron chi connectivity index (χ2n) is 4.55. The first kappa shape index (κ1) is 16.8. The third-order valence-corrected chi connectivity index (χ3v) is 4.94. The molecule has 0 bridgehead atoms. The van der Waals surface area contributed by atoms with Crippen LogP contribution in [-0.4, -0.2) is 7.11 Å². The second-order valence-corrected chi connectivity index (χ2v) is 6.69. The predicted molar refractivity (Wildman–Crippen MR) is 93.6 cm³/mol. The number of hydrazine groups is 1. The Labute approximate surface area is 146 Å². The lowest BCUT2D eigenvalue weighted by atomic mass is 9.99. The van der Waals surface area contributed by atoms with Crippen molar-refractivity contribution in [3.8, 4) is 5.75 Å². The predicted octanol–water partition coefficient (Wildman–Crippen LogP) is 4.62. The molecule has 0 spiro atoms. The monoisotopic (exact) mass is 432 g/mol. The van der Waals surface area contributed by atoms with Crippen LogP contribution >= 0.6 is 43.5 Å². The molecule has 6 heteroatoms. The lowest BCUT2D eigenvalue weighted by Gasteiger charge is -2.19. The molecule has 0 radical (unpaired) electrons. The summed E-state index contributed by atoms with van der Waals surface area (Å²) >= 11 is 13.2. The number of hydrogen-bond acceptors (Lipinski definition) is 3. The molecule has 0 aliphatic rings. The van der Waals surface area contributed by atoms with Gasteiger partial charge in [0.2, 0.25) is 0 Å². The van der Waals surface area contributed by atoms with Gasteiger partial charge in [0.25, 0.3) is 0 Å². The Bertz CT molecular complexity index is 637. The molecule has 0 saturated heterocycles. The summed E-state index contributed by atoms with van der Waals surface area (Å²) in [6, 6.07) is 11.5. The van der Waals surface area contributed by atoms with Crippen molar-refractivity contribution in [2.24, 2.45) is 5.84 Å². The van der Waals surface area contributed by atoms with Crippen molar-refractivity contribution >= 4 is 43.5 Å². The van der Waals surface area contributed by atoms with Gasteiger partial charge in [0, 0.05) is 14.0 Å². The highest BCUT2D eigenvalue weighted by molar-refractivity contribution is 9.10. The summed E-state index contributed by atoms with van der Waals surface area (Å²) in [5, 5.41) is 0.679. The Kier molecular flexibility index (Phi) is 6.08. The van der Waals surface area contributed by atoms with E-state index in [4.69, 9.17) is 22.2 Å². The molecule has 0 amide bonds. The van der Waals surface area contributed by atoms with E-state index in [0.717, 1.165) is 25.8 Å². The van der Waals surface area contributed by atoms with E-state index in [1.165, 1.54) is 0 Å². The molecule has 0 fully saturated rings. The number of methoxy groups -OCH3 is 1. The van der Waals surface area contributed by atoms with Crippen molar-refractivity contribution < 1.29 is 4.74 Å². The van der Waals surface area contributed by atoms with Gasteiger partial charge in [-0.05, 0) is 53.9 Å². The smallest absolute Gasteiger partial charge is 0.119 e. The molecule has 0 heterocycles. The Morgan fingerprint density at radius 2 is 1.90 bits per heavy atom. The van der Waals surface area contributed by atoms with Crippen LogP contribution in [0.25, 0.3) is 0 Å². The third kappa shape index (κ3) is 4.20. The quantitative estimate of drug-likeness (QED) is 0.533. The summed E-state index contributed by atoms with van der Waals surface area (Å²) in [6.07, 6.45) is 0.702. The number of nitrogens with two attached hydrogens (primary N) is 1. The van der Waals surface area contributed by atoms with Crippen molar-refractivity contribution in [1.29, 1.82) is 0 Å². The van der Waals surface area contributed by atoms with Crippen molar-refractivity contribution in [1.82, 2.24) is 5.43 Å². The molecule has 0 aliphatic carbocycles. The normalized spacial score (nSPS) is 12.2. The lowest BCUT2D eigenvalue weighted by molar-refractivity contribution is 0.413. The molecule has 112 valence electrons. The van der Waals surface area contributed by atoms with Crippen molar-refractivity contribution in [2.75, 3.05) is 7.11 Å². The molecule has 0 aliphatic heterocycles. The Balaban J connectivity index is 2.33. The van der Waals surface area contributed by atoms with Crippen LogP contribution in [0.2, 0.25) is 5.02 Å². The zero-order valence-electron chi connectivity index (χ0n) is 11.4. The molecule has 3 N–H and O–H groups in total. The largest absolute Gasteiger partial charge is 0.497 e. The number of halogens is 3. The zero-order chi connectivity index (χ0) is 15.4. The van der Waals surface area contributed by atoms with Crippen LogP contribution in [0.4, 0.5) is 0 Å². The van der Waals surface area contributed by atoms with Gasteiger partial charge in [-0.3, -0.25) is 11.3 Å². The number of hydrogen-bond donors (Lipinski definition) is 2. The molecule has 3 nitrogen and oxygen atoms in total. The molecule has 21 heavy (non-hydrogen) atoms. The molecule has 1 atom stereocenters. The van der Waals surface area contributed by atoms with Gasteiger partial charge in [0.05, 0.1) is 13.2 Å². The Morgan fingerprint density at radius 3 is 2.57 bits per heavy atom. The summed E-state index contributed by atoms with van der Waals surface area (Å²) in [5.74, 6) is 6.55. The molecule has 2 rings (SSSR count). The molecular weight excluding hydrogens is 419 g/mol. The van der Waals surface area contributed by atoms with Crippen molar-refractivity contribution in [3.05, 3.63) is 61.5 Å². The minimum Gasteiger partial charge on any atom is -0.497 e. The lowest BCUT2D eigenvalue weighted by Crippen LogP contribution is -2.30. The average molecular weight is 435 g/mol. The van der Waals surface area contributed by atoms with Crippen LogP contribution in [0.1, 0.15) is 17.2 Å². The van der Waals surface area contributed by atoms with E-state index in [-0.39, 0.29) is 6.04 Å². The van der Waals surface area contributed by atoms with Crippen LogP contribution in [0.3, 0.4) is 0 Å². The third-order valence-electron chi connectivity index (χ3n) is 3.21. The highest BCUT2D eigenvalue weighted by atomic mass is 79.9. The van der Waals surface area contributed by atoms with Gasteiger partial charge in [0.15, 0.2) is 0 Å². The Hall–Kier alpha value is -0.590. The van der Waals surface area contributed by atoms with Crippen LogP contribution in [0.15, 0.2) is 45.3 Å². The minimum atomic E-state index is -0.0681. The van der Waals surface area contributed by atoms with Gasteiger partial charge < -0.3 is 4.74 Å². The molecule has 2 aromatic rings. The van der Waals surface area contributed by atoms with Gasteiger partial charge >= 0.3 is 0 Å². The maximum absolute atomic E-state index is 6.08. The average Bonchev–Trinajstić information content (AvgIpc) is 2.49. The summed E-state index contributed by atoms with van der Waals surface area (Å²) in [4.78, 5) is 0. The van der Waals surface area contributed by atoms with E-state index >= 15 is 0 Å². The molecule has 2 aromatic carbocycles. The summed E-state index contributed by atoms with van der Waals surface area (Å²) in [5.41, 5.74) is 4.96. The van der Waals surface area contributed by atoms with Gasteiger partial charge in [-0.1, -0.05) is 43.5 Å². The second kappa shape index (κ2) is 7.61. The van der Waals surface area contributed by atoms with E-state index in [1.54, 1.807) is 7.11 Å². The van der Waals surface area contributed by atoms with E-state index in [9.17, 15) is 0 Å². The standard InChI is InChI=1S/C15H15Br2ClN2O/c1-21-11-3-5-13(16)9(6-11)7-15(20-19)12-8-10(18)2-4-14(12)17/h2-6,8,15,20H,7,19H2,1H3. The molecular formula is C15H15Br2ClN2O. The van der Waals surface area contributed by atoms with Crippen LogP contribution < -0.4 is 16.0 Å². The van der Waals surface area contributed by atoms with Gasteiger partial charge in [-0.15, -0.1) is 0 Å². The SMILES string of the molecule is COc1ccc(Br)c(CC(NN)c2cc(Cl)ccc2Br)c1. The maximum Gasteiger partial charge on any atom is 0.119 e. The minimum absolute atomic E-state index is 0.0681. The van der Waals surface area contributed by atoms with E-state index in [0.29, 0.717) is 11.4 Å². The first-order valence-corrected chi connectivity index (χ1v) is 8.25. The van der Waals surface area contributed by atoms with E-state index in [1.807, 2.05) is 36.4 Å². The number of nitrogens with one attached hydrogen (secondary N) is 1. The van der Waals surface area contributed by atoms with Crippen LogP contribution in [-0.2, 0) is 6.42 Å².